The third-order valence-electron chi connectivity index (χ3n) is 5.11. The molecule has 0 bridgehead atoms. The Hall–Kier alpha value is -2.04. The van der Waals surface area contributed by atoms with Crippen molar-refractivity contribution in [1.29, 1.82) is 0 Å². The van der Waals surface area contributed by atoms with Gasteiger partial charge in [-0.2, -0.15) is 0 Å². The zero-order valence-corrected chi connectivity index (χ0v) is 15.2. The summed E-state index contributed by atoms with van der Waals surface area (Å²) in [7, 11) is 1.79. The van der Waals surface area contributed by atoms with Crippen molar-refractivity contribution in [2.45, 2.75) is 51.5 Å². The monoisotopic (exact) mass is 342 g/mol. The van der Waals surface area contributed by atoms with E-state index < -0.39 is 0 Å². The fourth-order valence-electron chi connectivity index (χ4n) is 3.34. The fourth-order valence-corrected chi connectivity index (χ4v) is 3.34. The number of guanidine groups is 1. The van der Waals surface area contributed by atoms with Gasteiger partial charge >= 0.3 is 0 Å². The number of aliphatic imine (C=N–C) groups is 1. The Labute approximate surface area is 150 Å². The summed E-state index contributed by atoms with van der Waals surface area (Å²) < 4.78 is 0. The summed E-state index contributed by atoms with van der Waals surface area (Å²) in [6.07, 6.45) is 8.32. The van der Waals surface area contributed by atoms with Gasteiger partial charge in [0.25, 0.3) is 0 Å². The van der Waals surface area contributed by atoms with E-state index in [2.05, 4.69) is 27.0 Å². The number of nitrogens with zero attached hydrogens (tertiary/aromatic N) is 1. The van der Waals surface area contributed by atoms with Crippen LogP contribution in [0, 0.1) is 11.8 Å². The molecule has 1 aromatic rings. The minimum absolute atomic E-state index is 0.173. The maximum absolute atomic E-state index is 12.4. The molecule has 3 N–H and O–H groups in total. The molecule has 0 spiro atoms. The van der Waals surface area contributed by atoms with Gasteiger partial charge in [0.05, 0.1) is 0 Å². The van der Waals surface area contributed by atoms with E-state index in [4.69, 9.17) is 0 Å². The molecule has 0 heterocycles. The maximum atomic E-state index is 12.4. The van der Waals surface area contributed by atoms with Crippen LogP contribution in [0.5, 0.6) is 0 Å². The zero-order chi connectivity index (χ0) is 17.5. The largest absolute Gasteiger partial charge is 0.356 e. The van der Waals surface area contributed by atoms with Crippen LogP contribution in [0.3, 0.4) is 0 Å². The molecule has 3 rings (SSSR count). The molecule has 5 nitrogen and oxygen atoms in total. The van der Waals surface area contributed by atoms with Crippen molar-refractivity contribution in [3.8, 4) is 0 Å². The van der Waals surface area contributed by atoms with Crippen LogP contribution in [0.25, 0.3) is 0 Å². The first-order chi connectivity index (χ1) is 12.2. The van der Waals surface area contributed by atoms with Gasteiger partial charge in [-0.25, -0.2) is 0 Å². The summed E-state index contributed by atoms with van der Waals surface area (Å²) in [6.45, 7) is 1.69. The Balaban J connectivity index is 1.49. The molecular formula is C20H30N4O. The molecule has 2 fully saturated rings. The first kappa shape index (κ1) is 17.8. The zero-order valence-electron chi connectivity index (χ0n) is 15.2. The first-order valence-corrected chi connectivity index (χ1v) is 9.59. The number of rotatable bonds is 6. The van der Waals surface area contributed by atoms with Crippen molar-refractivity contribution in [2.75, 3.05) is 18.9 Å². The number of benzene rings is 1. The van der Waals surface area contributed by atoms with Gasteiger partial charge in [0.1, 0.15) is 0 Å². The van der Waals surface area contributed by atoms with Gasteiger partial charge in [0, 0.05) is 31.7 Å². The van der Waals surface area contributed by atoms with Crippen molar-refractivity contribution >= 4 is 17.6 Å². The highest BCUT2D eigenvalue weighted by atomic mass is 16.1. The van der Waals surface area contributed by atoms with E-state index in [-0.39, 0.29) is 11.8 Å². The second-order valence-corrected chi connectivity index (χ2v) is 7.27. The molecule has 0 saturated heterocycles. The van der Waals surface area contributed by atoms with Crippen LogP contribution < -0.4 is 16.0 Å². The number of hydrogen-bond acceptors (Lipinski definition) is 2. The number of carbonyl (C=O) groups excluding carboxylic acids is 1. The quantitative estimate of drug-likeness (QED) is 0.549. The lowest BCUT2D eigenvalue weighted by molar-refractivity contribution is -0.120. The van der Waals surface area contributed by atoms with E-state index in [1.54, 1.807) is 7.05 Å². The highest BCUT2D eigenvalue weighted by molar-refractivity contribution is 5.92. The van der Waals surface area contributed by atoms with Crippen molar-refractivity contribution in [2.24, 2.45) is 16.8 Å². The van der Waals surface area contributed by atoms with Crippen LogP contribution in [-0.4, -0.2) is 25.5 Å². The molecule has 0 aliphatic heterocycles. The third kappa shape index (κ3) is 5.76. The SMILES string of the molecule is CN=C(NCc1cccc(NC(=O)C2CCCCC2)c1)NCC1CC1. The van der Waals surface area contributed by atoms with E-state index >= 15 is 0 Å². The van der Waals surface area contributed by atoms with Crippen molar-refractivity contribution < 1.29 is 4.79 Å². The molecular weight excluding hydrogens is 312 g/mol. The lowest BCUT2D eigenvalue weighted by Gasteiger charge is -2.21. The molecule has 136 valence electrons. The highest BCUT2D eigenvalue weighted by Crippen LogP contribution is 2.27. The average molecular weight is 342 g/mol. The van der Waals surface area contributed by atoms with Gasteiger partial charge in [-0.3, -0.25) is 9.79 Å². The van der Waals surface area contributed by atoms with Crippen LogP contribution in [-0.2, 0) is 11.3 Å². The summed E-state index contributed by atoms with van der Waals surface area (Å²) >= 11 is 0. The van der Waals surface area contributed by atoms with Gasteiger partial charge in [-0.05, 0) is 49.3 Å². The van der Waals surface area contributed by atoms with E-state index in [9.17, 15) is 4.79 Å². The first-order valence-electron chi connectivity index (χ1n) is 9.59. The van der Waals surface area contributed by atoms with Crippen LogP contribution in [0.2, 0.25) is 0 Å². The Bertz CT molecular complexity index is 603. The summed E-state index contributed by atoms with van der Waals surface area (Å²) in [5, 5.41) is 9.79. The molecule has 1 aromatic carbocycles. The molecule has 25 heavy (non-hydrogen) atoms. The molecule has 1 amide bonds. The highest BCUT2D eigenvalue weighted by Gasteiger charge is 2.21. The number of carbonyl (C=O) groups is 1. The summed E-state index contributed by atoms with van der Waals surface area (Å²) in [5.41, 5.74) is 2.02. The van der Waals surface area contributed by atoms with E-state index in [1.165, 1.54) is 32.1 Å². The van der Waals surface area contributed by atoms with Crippen molar-refractivity contribution in [3.05, 3.63) is 29.8 Å². The molecule has 0 unspecified atom stereocenters. The van der Waals surface area contributed by atoms with Crippen LogP contribution >= 0.6 is 0 Å². The third-order valence-corrected chi connectivity index (χ3v) is 5.11. The normalized spacial score (nSPS) is 18.7. The van der Waals surface area contributed by atoms with Crippen molar-refractivity contribution in [3.63, 3.8) is 0 Å². The Morgan fingerprint density at radius 1 is 1.12 bits per heavy atom. The minimum Gasteiger partial charge on any atom is -0.356 e. The lowest BCUT2D eigenvalue weighted by Crippen LogP contribution is -2.37. The molecule has 2 saturated carbocycles. The molecule has 0 aromatic heterocycles. The van der Waals surface area contributed by atoms with Gasteiger partial charge in [0.2, 0.25) is 5.91 Å². The Morgan fingerprint density at radius 3 is 2.64 bits per heavy atom. The summed E-state index contributed by atoms with van der Waals surface area (Å²) in [4.78, 5) is 16.6. The average Bonchev–Trinajstić information content (AvgIpc) is 3.47. The predicted octanol–water partition coefficient (Wildman–Crippen LogP) is 3.28. The summed E-state index contributed by atoms with van der Waals surface area (Å²) in [6, 6.07) is 8.07. The number of nitrogens with one attached hydrogen (secondary N) is 3. The lowest BCUT2D eigenvalue weighted by atomic mass is 9.88. The second kappa shape index (κ2) is 8.88. The molecule has 0 atom stereocenters. The van der Waals surface area contributed by atoms with Crippen LogP contribution in [0.1, 0.15) is 50.5 Å². The summed E-state index contributed by atoms with van der Waals surface area (Å²) in [5.74, 6) is 2.01. The second-order valence-electron chi connectivity index (χ2n) is 7.27. The van der Waals surface area contributed by atoms with Crippen molar-refractivity contribution in [1.82, 2.24) is 10.6 Å². The Kier molecular flexibility index (Phi) is 6.31. The number of anilines is 1. The number of hydrogen-bond donors (Lipinski definition) is 3. The topological polar surface area (TPSA) is 65.5 Å². The van der Waals surface area contributed by atoms with Crippen LogP contribution in [0.15, 0.2) is 29.3 Å². The number of amides is 1. The standard InChI is InChI=1S/C20H30N4O/c1-21-20(22-13-15-10-11-15)23-14-16-6-5-9-18(12-16)24-19(25)17-7-3-2-4-8-17/h5-6,9,12,15,17H,2-4,7-8,10-11,13-14H2,1H3,(H,24,25)(H2,21,22,23). The minimum atomic E-state index is 0.173. The van der Waals surface area contributed by atoms with Crippen LogP contribution in [0.4, 0.5) is 5.69 Å². The van der Waals surface area contributed by atoms with E-state index in [1.807, 2.05) is 18.2 Å². The molecule has 0 radical (unpaired) electrons. The van der Waals surface area contributed by atoms with Gasteiger partial charge in [-0.15, -0.1) is 0 Å². The van der Waals surface area contributed by atoms with Gasteiger partial charge in [-0.1, -0.05) is 31.4 Å². The fraction of sp³-hybridized carbons (Fsp3) is 0.600. The Morgan fingerprint density at radius 2 is 1.92 bits per heavy atom. The van der Waals surface area contributed by atoms with E-state index in [0.29, 0.717) is 6.54 Å². The molecule has 2 aliphatic rings. The van der Waals surface area contributed by atoms with Gasteiger partial charge in [0.15, 0.2) is 5.96 Å². The molecule has 5 heteroatoms. The van der Waals surface area contributed by atoms with E-state index in [0.717, 1.165) is 42.5 Å². The molecule has 2 aliphatic carbocycles. The smallest absolute Gasteiger partial charge is 0.227 e. The maximum Gasteiger partial charge on any atom is 0.227 e. The van der Waals surface area contributed by atoms with Gasteiger partial charge < -0.3 is 16.0 Å². The predicted molar refractivity (Wildman–Crippen MR) is 103 cm³/mol.